The molecule has 0 unspecified atom stereocenters. The third-order valence-electron chi connectivity index (χ3n) is 4.25. The van der Waals surface area contributed by atoms with Crippen molar-refractivity contribution in [1.82, 2.24) is 15.1 Å². The average molecular weight is 364 g/mol. The molecule has 7 nitrogen and oxygen atoms in total. The van der Waals surface area contributed by atoms with Crippen LogP contribution in [0.4, 0.5) is 10.5 Å². The third-order valence-corrected chi connectivity index (χ3v) is 4.25. The quantitative estimate of drug-likeness (QED) is 0.705. The number of nitrogens with one attached hydrogen (secondary N) is 2. The fraction of sp³-hybridized carbons (Fsp3) is 0.200. The normalized spacial score (nSPS) is 12.0. The number of hydrogen-bond acceptors (Lipinski definition) is 4. The second kappa shape index (κ2) is 7.82. The highest BCUT2D eigenvalue weighted by molar-refractivity contribution is 5.89. The second-order valence-corrected chi connectivity index (χ2v) is 6.22. The molecule has 0 aliphatic carbocycles. The Morgan fingerprint density at radius 3 is 2.70 bits per heavy atom. The molecule has 0 saturated heterocycles. The van der Waals surface area contributed by atoms with Gasteiger partial charge in [-0.1, -0.05) is 18.2 Å². The molecule has 0 bridgehead atoms. The predicted octanol–water partition coefficient (Wildman–Crippen LogP) is 3.02. The molecule has 2 aromatic carbocycles. The first-order valence-corrected chi connectivity index (χ1v) is 8.76. The first-order chi connectivity index (χ1) is 13.3. The number of amides is 2. The zero-order valence-electron chi connectivity index (χ0n) is 14.7. The lowest BCUT2D eigenvalue weighted by molar-refractivity contribution is 0.174. The van der Waals surface area contributed by atoms with Crippen molar-refractivity contribution in [3.8, 4) is 11.5 Å². The minimum Gasteiger partial charge on any atom is -0.454 e. The Kier molecular flexibility index (Phi) is 4.91. The van der Waals surface area contributed by atoms with E-state index < -0.39 is 0 Å². The molecule has 0 spiro atoms. The van der Waals surface area contributed by atoms with Crippen LogP contribution in [0.1, 0.15) is 11.1 Å². The number of carbonyl (C=O) groups is 1. The monoisotopic (exact) mass is 364 g/mol. The third kappa shape index (κ3) is 4.38. The molecular weight excluding hydrogens is 344 g/mol. The van der Waals surface area contributed by atoms with Gasteiger partial charge < -0.3 is 20.1 Å². The molecule has 138 valence electrons. The molecule has 4 rings (SSSR count). The summed E-state index contributed by atoms with van der Waals surface area (Å²) >= 11 is 0. The Bertz CT molecular complexity index is 907. The SMILES string of the molecule is O=C(NCCc1ccc2c(c1)OCO2)Nc1ccc(Cn2cccn2)cc1. The van der Waals surface area contributed by atoms with Crippen LogP contribution in [0.15, 0.2) is 60.9 Å². The van der Waals surface area contributed by atoms with Crippen LogP contribution >= 0.6 is 0 Å². The van der Waals surface area contributed by atoms with Gasteiger partial charge in [-0.25, -0.2) is 4.79 Å². The number of fused-ring (bicyclic) bond motifs is 1. The predicted molar refractivity (Wildman–Crippen MR) is 101 cm³/mol. The Balaban J connectivity index is 1.23. The highest BCUT2D eigenvalue weighted by Gasteiger charge is 2.13. The molecule has 0 saturated carbocycles. The van der Waals surface area contributed by atoms with Crippen LogP contribution in [-0.2, 0) is 13.0 Å². The van der Waals surface area contributed by atoms with E-state index in [0.29, 0.717) is 19.5 Å². The van der Waals surface area contributed by atoms with Crippen LogP contribution < -0.4 is 20.1 Å². The molecule has 3 aromatic rings. The lowest BCUT2D eigenvalue weighted by Crippen LogP contribution is -2.30. The van der Waals surface area contributed by atoms with Crippen molar-refractivity contribution in [2.24, 2.45) is 0 Å². The van der Waals surface area contributed by atoms with Gasteiger partial charge in [-0.15, -0.1) is 0 Å². The summed E-state index contributed by atoms with van der Waals surface area (Å²) < 4.78 is 12.5. The zero-order chi connectivity index (χ0) is 18.5. The number of benzene rings is 2. The van der Waals surface area contributed by atoms with Crippen molar-refractivity contribution >= 4 is 11.7 Å². The van der Waals surface area contributed by atoms with Crippen molar-refractivity contribution in [2.75, 3.05) is 18.7 Å². The highest BCUT2D eigenvalue weighted by atomic mass is 16.7. The van der Waals surface area contributed by atoms with Gasteiger partial charge in [-0.2, -0.15) is 5.10 Å². The molecule has 27 heavy (non-hydrogen) atoms. The smallest absolute Gasteiger partial charge is 0.319 e. The summed E-state index contributed by atoms with van der Waals surface area (Å²) in [4.78, 5) is 12.1. The minimum atomic E-state index is -0.226. The van der Waals surface area contributed by atoms with E-state index in [1.807, 2.05) is 59.4 Å². The van der Waals surface area contributed by atoms with E-state index in [1.54, 1.807) is 6.20 Å². The van der Waals surface area contributed by atoms with Gasteiger partial charge in [-0.05, 0) is 47.9 Å². The van der Waals surface area contributed by atoms with Crippen LogP contribution in [-0.4, -0.2) is 29.1 Å². The topological polar surface area (TPSA) is 77.4 Å². The number of nitrogens with zero attached hydrogens (tertiary/aromatic N) is 2. The maximum Gasteiger partial charge on any atom is 0.319 e. The summed E-state index contributed by atoms with van der Waals surface area (Å²) in [5.41, 5.74) is 2.95. The molecule has 0 radical (unpaired) electrons. The van der Waals surface area contributed by atoms with Gasteiger partial charge in [0.15, 0.2) is 11.5 Å². The number of carbonyl (C=O) groups excluding carboxylic acids is 1. The van der Waals surface area contributed by atoms with Gasteiger partial charge in [0.25, 0.3) is 0 Å². The summed E-state index contributed by atoms with van der Waals surface area (Å²) in [7, 11) is 0. The van der Waals surface area contributed by atoms with Crippen molar-refractivity contribution in [2.45, 2.75) is 13.0 Å². The van der Waals surface area contributed by atoms with Gasteiger partial charge in [-0.3, -0.25) is 4.68 Å². The van der Waals surface area contributed by atoms with E-state index in [-0.39, 0.29) is 12.8 Å². The maximum absolute atomic E-state index is 12.1. The van der Waals surface area contributed by atoms with Gasteiger partial charge in [0.1, 0.15) is 0 Å². The molecule has 7 heteroatoms. The van der Waals surface area contributed by atoms with E-state index in [2.05, 4.69) is 15.7 Å². The van der Waals surface area contributed by atoms with Crippen molar-refractivity contribution in [1.29, 1.82) is 0 Å². The molecule has 2 N–H and O–H groups in total. The van der Waals surface area contributed by atoms with E-state index in [1.165, 1.54) is 0 Å². The molecule has 2 heterocycles. The number of urea groups is 1. The summed E-state index contributed by atoms with van der Waals surface area (Å²) in [5, 5.41) is 9.88. The average Bonchev–Trinajstić information content (AvgIpc) is 3.34. The summed E-state index contributed by atoms with van der Waals surface area (Å²) in [6, 6.07) is 15.2. The Hall–Kier alpha value is -3.48. The van der Waals surface area contributed by atoms with Gasteiger partial charge in [0, 0.05) is 24.6 Å². The van der Waals surface area contributed by atoms with Crippen molar-refractivity contribution < 1.29 is 14.3 Å². The maximum atomic E-state index is 12.1. The Morgan fingerprint density at radius 2 is 1.89 bits per heavy atom. The van der Waals surface area contributed by atoms with Crippen LogP contribution in [0, 0.1) is 0 Å². The van der Waals surface area contributed by atoms with E-state index in [0.717, 1.165) is 28.3 Å². The van der Waals surface area contributed by atoms with Crippen LogP contribution in [0.3, 0.4) is 0 Å². The number of ether oxygens (including phenoxy) is 2. The number of hydrogen-bond donors (Lipinski definition) is 2. The summed E-state index contributed by atoms with van der Waals surface area (Å²) in [5.74, 6) is 1.52. The fourth-order valence-electron chi connectivity index (χ4n) is 2.87. The molecular formula is C20H20N4O3. The van der Waals surface area contributed by atoms with Crippen LogP contribution in [0.2, 0.25) is 0 Å². The molecule has 0 atom stereocenters. The minimum absolute atomic E-state index is 0.226. The first kappa shape index (κ1) is 17.0. The largest absolute Gasteiger partial charge is 0.454 e. The van der Waals surface area contributed by atoms with Crippen LogP contribution in [0.5, 0.6) is 11.5 Å². The highest BCUT2D eigenvalue weighted by Crippen LogP contribution is 2.32. The van der Waals surface area contributed by atoms with Gasteiger partial charge in [0.2, 0.25) is 6.79 Å². The Labute approximate surface area is 156 Å². The van der Waals surface area contributed by atoms with Crippen molar-refractivity contribution in [3.63, 3.8) is 0 Å². The van der Waals surface area contributed by atoms with Crippen molar-refractivity contribution in [3.05, 3.63) is 72.1 Å². The van der Waals surface area contributed by atoms with E-state index >= 15 is 0 Å². The fourth-order valence-corrected chi connectivity index (χ4v) is 2.87. The lowest BCUT2D eigenvalue weighted by atomic mass is 10.1. The molecule has 2 amide bonds. The molecule has 0 fully saturated rings. The first-order valence-electron chi connectivity index (χ1n) is 8.76. The van der Waals surface area contributed by atoms with E-state index in [4.69, 9.17) is 9.47 Å². The molecule has 1 aliphatic rings. The second-order valence-electron chi connectivity index (χ2n) is 6.22. The summed E-state index contributed by atoms with van der Waals surface area (Å²) in [6.45, 7) is 1.50. The van der Waals surface area contributed by atoms with E-state index in [9.17, 15) is 4.79 Å². The zero-order valence-corrected chi connectivity index (χ0v) is 14.7. The van der Waals surface area contributed by atoms with Gasteiger partial charge >= 0.3 is 6.03 Å². The van der Waals surface area contributed by atoms with Crippen LogP contribution in [0.25, 0.3) is 0 Å². The number of aromatic nitrogens is 2. The molecule has 1 aromatic heterocycles. The molecule has 1 aliphatic heterocycles. The number of anilines is 1. The number of rotatable bonds is 6. The Morgan fingerprint density at radius 1 is 1.07 bits per heavy atom. The lowest BCUT2D eigenvalue weighted by Gasteiger charge is -2.09. The van der Waals surface area contributed by atoms with Gasteiger partial charge in [0.05, 0.1) is 6.54 Å². The summed E-state index contributed by atoms with van der Waals surface area (Å²) in [6.07, 6.45) is 4.39. The standard InChI is InChI=1S/C20H20N4O3/c25-20(21-10-8-15-4-7-18-19(12-15)27-14-26-18)23-17-5-2-16(3-6-17)13-24-11-1-9-22-24/h1-7,9,11-12H,8,10,13-14H2,(H2,21,23,25).